The van der Waals surface area contributed by atoms with Crippen molar-refractivity contribution < 1.29 is 13.2 Å². The normalized spacial score (nSPS) is 12.1. The number of nitrogens with zero attached hydrogens (tertiary/aromatic N) is 4. The van der Waals surface area contributed by atoms with Crippen LogP contribution in [0.5, 0.6) is 0 Å². The Balaban J connectivity index is 1.87. The number of alkyl halides is 3. The minimum Gasteiger partial charge on any atom is -0.279 e. The monoisotopic (exact) mass is 425 g/mol. The van der Waals surface area contributed by atoms with Crippen molar-refractivity contribution in [2.75, 3.05) is 0 Å². The third-order valence-corrected chi connectivity index (χ3v) is 5.15. The lowest BCUT2D eigenvalue weighted by Crippen LogP contribution is -2.28. The number of hydrogen-bond acceptors (Lipinski definition) is 3. The zero-order valence-electron chi connectivity index (χ0n) is 16.0. The van der Waals surface area contributed by atoms with Crippen LogP contribution in [0.2, 0.25) is 0 Å². The summed E-state index contributed by atoms with van der Waals surface area (Å²) in [7, 11) is 1.48. The Hall–Kier alpha value is -4.08. The van der Waals surface area contributed by atoms with Gasteiger partial charge in [-0.3, -0.25) is 23.3 Å². The number of nitrogens with one attached hydrogen (secondary N) is 1. The number of fused-ring (bicyclic) bond motifs is 3. The van der Waals surface area contributed by atoms with Gasteiger partial charge in [0.15, 0.2) is 11.2 Å². The first-order valence-corrected chi connectivity index (χ1v) is 9.21. The average Bonchev–Trinajstić information content (AvgIpc) is 3.29. The topological polar surface area (TPSA) is 77.1 Å². The number of hydrogen-bond donors (Lipinski definition) is 1. The minimum absolute atomic E-state index is 0.167. The van der Waals surface area contributed by atoms with Crippen LogP contribution in [-0.4, -0.2) is 23.5 Å². The second-order valence-corrected chi connectivity index (χ2v) is 7.03. The molecule has 3 aromatic heterocycles. The summed E-state index contributed by atoms with van der Waals surface area (Å²) in [5, 5.41) is 0. The Labute approximate surface area is 171 Å². The third kappa shape index (κ3) is 2.87. The van der Waals surface area contributed by atoms with Crippen LogP contribution >= 0.6 is 0 Å². The molecule has 0 aliphatic carbocycles. The highest BCUT2D eigenvalue weighted by molar-refractivity contribution is 5.79. The van der Waals surface area contributed by atoms with Gasteiger partial charge >= 0.3 is 11.9 Å². The maximum Gasteiger partial charge on any atom is 0.416 e. The molecule has 0 spiro atoms. The number of imidazole rings is 2. The number of halogens is 3. The summed E-state index contributed by atoms with van der Waals surface area (Å²) in [4.78, 5) is 31.2. The standard InChI is InChI=1S/C21H14F3N5O2/c1-27-17-16(18(30)26-20(27)31)28-11-15(12-5-3-2-4-6-12)29(19(28)25-17)14-9-7-13(8-10-14)21(22,23)24/h2-11H,1H3,(H,26,30,31). The van der Waals surface area contributed by atoms with E-state index in [9.17, 15) is 22.8 Å². The molecule has 7 nitrogen and oxygen atoms in total. The average molecular weight is 425 g/mol. The predicted molar refractivity (Wildman–Crippen MR) is 108 cm³/mol. The summed E-state index contributed by atoms with van der Waals surface area (Å²) in [5.74, 6) is 0.292. The highest BCUT2D eigenvalue weighted by atomic mass is 19.4. The van der Waals surface area contributed by atoms with Crippen LogP contribution in [0.15, 0.2) is 70.4 Å². The molecule has 0 aliphatic heterocycles. The number of aromatic amines is 1. The molecule has 31 heavy (non-hydrogen) atoms. The molecule has 2 aromatic carbocycles. The fourth-order valence-electron chi connectivity index (χ4n) is 3.62. The molecule has 0 saturated heterocycles. The molecule has 156 valence electrons. The number of benzene rings is 2. The van der Waals surface area contributed by atoms with Crippen LogP contribution in [0.3, 0.4) is 0 Å². The van der Waals surface area contributed by atoms with Crippen LogP contribution in [0.1, 0.15) is 5.56 Å². The SMILES string of the molecule is Cn1c(=O)[nH]c(=O)c2c1nc1n(-c3ccc(C(F)(F)F)cc3)c(-c3ccccc3)cn21. The van der Waals surface area contributed by atoms with E-state index in [4.69, 9.17) is 0 Å². The van der Waals surface area contributed by atoms with Crippen LogP contribution in [-0.2, 0) is 13.2 Å². The van der Waals surface area contributed by atoms with Crippen LogP contribution in [0.4, 0.5) is 13.2 Å². The highest BCUT2D eigenvalue weighted by Gasteiger charge is 2.30. The maximum atomic E-state index is 13.0. The van der Waals surface area contributed by atoms with E-state index in [1.54, 1.807) is 10.8 Å². The molecule has 5 rings (SSSR count). The van der Waals surface area contributed by atoms with Crippen molar-refractivity contribution in [2.45, 2.75) is 6.18 Å². The number of rotatable bonds is 2. The second kappa shape index (κ2) is 6.46. The van der Waals surface area contributed by atoms with Crippen molar-refractivity contribution >= 4 is 16.9 Å². The zero-order valence-corrected chi connectivity index (χ0v) is 16.0. The maximum absolute atomic E-state index is 13.0. The van der Waals surface area contributed by atoms with Gasteiger partial charge in [-0.05, 0) is 24.3 Å². The number of H-pyrrole nitrogens is 1. The van der Waals surface area contributed by atoms with E-state index in [0.717, 1.165) is 17.7 Å². The Morgan fingerprint density at radius 2 is 1.65 bits per heavy atom. The van der Waals surface area contributed by atoms with Gasteiger partial charge in [0.05, 0.1) is 11.3 Å². The van der Waals surface area contributed by atoms with Crippen LogP contribution in [0, 0.1) is 0 Å². The Morgan fingerprint density at radius 1 is 0.968 bits per heavy atom. The van der Waals surface area contributed by atoms with Crippen molar-refractivity contribution in [2.24, 2.45) is 7.05 Å². The fraction of sp³-hybridized carbons (Fsp3) is 0.0952. The first kappa shape index (κ1) is 18.9. The summed E-state index contributed by atoms with van der Waals surface area (Å²) in [5.41, 5.74) is 0.188. The predicted octanol–water partition coefficient (Wildman–Crippen LogP) is 3.35. The van der Waals surface area contributed by atoms with Gasteiger partial charge in [0.2, 0.25) is 5.78 Å². The van der Waals surface area contributed by atoms with E-state index in [0.29, 0.717) is 17.2 Å². The Morgan fingerprint density at radius 3 is 2.29 bits per heavy atom. The quantitative estimate of drug-likeness (QED) is 0.471. The van der Waals surface area contributed by atoms with Crippen molar-refractivity contribution in [3.63, 3.8) is 0 Å². The number of aryl methyl sites for hydroxylation is 1. The van der Waals surface area contributed by atoms with E-state index < -0.39 is 23.0 Å². The molecule has 0 amide bonds. The first-order chi connectivity index (χ1) is 14.8. The Bertz CT molecular complexity index is 1560. The first-order valence-electron chi connectivity index (χ1n) is 9.21. The molecule has 0 atom stereocenters. The van der Waals surface area contributed by atoms with Crippen molar-refractivity contribution in [3.05, 3.63) is 87.2 Å². The van der Waals surface area contributed by atoms with E-state index >= 15 is 0 Å². The van der Waals surface area contributed by atoms with Gasteiger partial charge in [0.25, 0.3) is 5.56 Å². The van der Waals surface area contributed by atoms with E-state index in [1.807, 2.05) is 30.3 Å². The molecule has 0 unspecified atom stereocenters. The van der Waals surface area contributed by atoms with E-state index in [-0.39, 0.29) is 11.2 Å². The van der Waals surface area contributed by atoms with Crippen LogP contribution < -0.4 is 11.2 Å². The van der Waals surface area contributed by atoms with E-state index in [1.165, 1.54) is 28.1 Å². The third-order valence-electron chi connectivity index (χ3n) is 5.15. The summed E-state index contributed by atoms with van der Waals surface area (Å²) in [6.07, 6.45) is -2.78. The molecular weight excluding hydrogens is 411 g/mol. The molecule has 0 bridgehead atoms. The molecule has 0 saturated carbocycles. The minimum atomic E-state index is -4.46. The van der Waals surface area contributed by atoms with Gasteiger partial charge in [-0.1, -0.05) is 30.3 Å². The number of aromatic nitrogens is 5. The molecule has 0 fully saturated rings. The molecule has 1 N–H and O–H groups in total. The smallest absolute Gasteiger partial charge is 0.279 e. The van der Waals surface area contributed by atoms with Gasteiger partial charge in [0.1, 0.15) is 0 Å². The molecule has 3 heterocycles. The van der Waals surface area contributed by atoms with Crippen molar-refractivity contribution in [1.82, 2.24) is 23.5 Å². The molecule has 0 radical (unpaired) electrons. The molecular formula is C21H14F3N5O2. The summed E-state index contributed by atoms with van der Waals surface area (Å²) < 4.78 is 43.5. The van der Waals surface area contributed by atoms with Gasteiger partial charge in [-0.25, -0.2) is 4.79 Å². The van der Waals surface area contributed by atoms with Crippen LogP contribution in [0.25, 0.3) is 33.9 Å². The van der Waals surface area contributed by atoms with Crippen molar-refractivity contribution in [1.29, 1.82) is 0 Å². The lowest BCUT2D eigenvalue weighted by molar-refractivity contribution is -0.137. The molecule has 10 heteroatoms. The lowest BCUT2D eigenvalue weighted by atomic mass is 10.1. The zero-order chi connectivity index (χ0) is 21.9. The van der Waals surface area contributed by atoms with Crippen molar-refractivity contribution in [3.8, 4) is 16.9 Å². The van der Waals surface area contributed by atoms with Gasteiger partial charge in [-0.2, -0.15) is 18.2 Å². The molecule has 0 aliphatic rings. The second-order valence-electron chi connectivity index (χ2n) is 7.03. The largest absolute Gasteiger partial charge is 0.416 e. The van der Waals surface area contributed by atoms with Gasteiger partial charge in [0, 0.05) is 24.5 Å². The molecule has 5 aromatic rings. The summed E-state index contributed by atoms with van der Waals surface area (Å²) in [6, 6.07) is 13.9. The lowest BCUT2D eigenvalue weighted by Gasteiger charge is -2.11. The summed E-state index contributed by atoms with van der Waals surface area (Å²) >= 11 is 0. The highest BCUT2D eigenvalue weighted by Crippen LogP contribution is 2.32. The van der Waals surface area contributed by atoms with Gasteiger partial charge < -0.3 is 0 Å². The Kier molecular flexibility index (Phi) is 3.94. The fourth-order valence-corrected chi connectivity index (χ4v) is 3.62. The van der Waals surface area contributed by atoms with Gasteiger partial charge in [-0.15, -0.1) is 0 Å². The van der Waals surface area contributed by atoms with E-state index in [2.05, 4.69) is 9.97 Å². The summed E-state index contributed by atoms with van der Waals surface area (Å²) in [6.45, 7) is 0.